The minimum Gasteiger partial charge on any atom is -0.487 e. The Hall–Kier alpha value is -2.34. The van der Waals surface area contributed by atoms with E-state index in [4.69, 9.17) is 33.7 Å². The van der Waals surface area contributed by atoms with Gasteiger partial charge in [-0.1, -0.05) is 53.5 Å². The van der Waals surface area contributed by atoms with Gasteiger partial charge < -0.3 is 10.5 Å². The summed E-state index contributed by atoms with van der Waals surface area (Å²) in [6.45, 7) is 0.404. The zero-order valence-electron chi connectivity index (χ0n) is 13.4. The van der Waals surface area contributed by atoms with E-state index in [9.17, 15) is 0 Å². The number of benzene rings is 2. The zero-order valence-corrected chi connectivity index (χ0v) is 15.8. The van der Waals surface area contributed by atoms with Crippen molar-refractivity contribution in [3.63, 3.8) is 0 Å². The number of thiophene rings is 1. The van der Waals surface area contributed by atoms with Crippen LogP contribution < -0.4 is 10.5 Å². The summed E-state index contributed by atoms with van der Waals surface area (Å²) in [5.41, 5.74) is 8.28. The van der Waals surface area contributed by atoms with Crippen LogP contribution in [0, 0.1) is 0 Å². The summed E-state index contributed by atoms with van der Waals surface area (Å²) in [4.78, 5) is 9.45. The highest BCUT2D eigenvalue weighted by Crippen LogP contribution is 2.39. The largest absolute Gasteiger partial charge is 0.487 e. The number of aromatic nitrogens is 2. The maximum Gasteiger partial charge on any atom is 0.221 e. The molecule has 0 aliphatic carbocycles. The number of rotatable bonds is 4. The van der Waals surface area contributed by atoms with Crippen LogP contribution in [0.3, 0.4) is 0 Å². The van der Waals surface area contributed by atoms with Gasteiger partial charge in [-0.2, -0.15) is 0 Å². The summed E-state index contributed by atoms with van der Waals surface area (Å²) in [7, 11) is 0. The summed E-state index contributed by atoms with van der Waals surface area (Å²) in [6, 6.07) is 15.3. The molecule has 0 atom stereocenters. The number of nitrogens with zero attached hydrogens (tertiary/aromatic N) is 2. The number of fused-ring (bicyclic) bond motifs is 1. The van der Waals surface area contributed by atoms with Gasteiger partial charge in [-0.15, -0.1) is 11.3 Å². The van der Waals surface area contributed by atoms with E-state index in [0.29, 0.717) is 33.7 Å². The van der Waals surface area contributed by atoms with Crippen molar-refractivity contribution >= 4 is 50.7 Å². The van der Waals surface area contributed by atoms with E-state index in [1.165, 1.54) is 11.3 Å². The number of nitrogens with two attached hydrogens (primary N) is 1. The average Bonchev–Trinajstić information content (AvgIpc) is 3.09. The fourth-order valence-electron chi connectivity index (χ4n) is 2.63. The second kappa shape index (κ2) is 7.11. The third-order valence-corrected chi connectivity index (χ3v) is 5.27. The molecule has 2 heterocycles. The fraction of sp³-hybridized carbons (Fsp3) is 0.0526. The van der Waals surface area contributed by atoms with Crippen LogP contribution in [0.2, 0.25) is 10.0 Å². The van der Waals surface area contributed by atoms with Gasteiger partial charge in [-0.3, -0.25) is 0 Å². The van der Waals surface area contributed by atoms with Crippen molar-refractivity contribution in [2.24, 2.45) is 0 Å². The van der Waals surface area contributed by atoms with Crippen molar-refractivity contribution in [1.29, 1.82) is 0 Å². The molecule has 0 saturated carbocycles. The molecule has 4 aromatic rings. The zero-order chi connectivity index (χ0) is 18.1. The van der Waals surface area contributed by atoms with Crippen LogP contribution in [-0.2, 0) is 6.61 Å². The van der Waals surface area contributed by atoms with E-state index in [1.54, 1.807) is 12.1 Å². The Kier molecular flexibility index (Phi) is 4.68. The summed E-state index contributed by atoms with van der Waals surface area (Å²) in [5, 5.41) is 3.76. The van der Waals surface area contributed by atoms with Crippen molar-refractivity contribution in [1.82, 2.24) is 9.97 Å². The number of ether oxygens (including phenoxy) is 1. The van der Waals surface area contributed by atoms with Gasteiger partial charge in [0.2, 0.25) is 5.95 Å². The number of anilines is 1. The SMILES string of the molecule is Nc1nc(-c2cc(OCc3ccccc3)c(Cl)cc2Cl)c2ccsc2n1. The third-order valence-electron chi connectivity index (χ3n) is 3.86. The molecular formula is C19H13Cl2N3OS. The lowest BCUT2D eigenvalue weighted by Gasteiger charge is -2.12. The van der Waals surface area contributed by atoms with E-state index < -0.39 is 0 Å². The van der Waals surface area contributed by atoms with E-state index in [-0.39, 0.29) is 5.95 Å². The fourth-order valence-corrected chi connectivity index (χ4v) is 3.93. The highest BCUT2D eigenvalue weighted by atomic mass is 35.5. The van der Waals surface area contributed by atoms with Crippen LogP contribution >= 0.6 is 34.5 Å². The molecule has 0 saturated heterocycles. The maximum absolute atomic E-state index is 6.44. The van der Waals surface area contributed by atoms with Crippen LogP contribution in [0.15, 0.2) is 53.9 Å². The minimum absolute atomic E-state index is 0.202. The second-order valence-corrected chi connectivity index (χ2v) is 7.32. The highest BCUT2D eigenvalue weighted by molar-refractivity contribution is 7.16. The Labute approximate surface area is 164 Å². The molecule has 0 radical (unpaired) electrons. The molecule has 26 heavy (non-hydrogen) atoms. The number of nitrogen functional groups attached to an aromatic ring is 1. The van der Waals surface area contributed by atoms with Crippen LogP contribution in [0.1, 0.15) is 5.56 Å². The lowest BCUT2D eigenvalue weighted by atomic mass is 10.1. The molecule has 130 valence electrons. The average molecular weight is 402 g/mol. The summed E-state index contributed by atoms with van der Waals surface area (Å²) >= 11 is 14.3. The van der Waals surface area contributed by atoms with Gasteiger partial charge in [0.25, 0.3) is 0 Å². The lowest BCUT2D eigenvalue weighted by Crippen LogP contribution is -1.99. The molecule has 0 bridgehead atoms. The molecule has 2 aromatic heterocycles. The molecule has 0 aliphatic rings. The van der Waals surface area contributed by atoms with Gasteiger partial charge in [-0.05, 0) is 29.1 Å². The Morgan fingerprint density at radius 1 is 1.00 bits per heavy atom. The van der Waals surface area contributed by atoms with Gasteiger partial charge in [0.15, 0.2) is 0 Å². The summed E-state index contributed by atoms with van der Waals surface area (Å²) in [6.07, 6.45) is 0. The Morgan fingerprint density at radius 3 is 2.62 bits per heavy atom. The maximum atomic E-state index is 6.44. The van der Waals surface area contributed by atoms with Gasteiger partial charge in [0.1, 0.15) is 17.2 Å². The second-order valence-electron chi connectivity index (χ2n) is 5.61. The minimum atomic E-state index is 0.202. The predicted octanol–water partition coefficient (Wildman–Crippen LogP) is 5.83. The Balaban J connectivity index is 1.76. The predicted molar refractivity (Wildman–Crippen MR) is 108 cm³/mol. The van der Waals surface area contributed by atoms with Crippen LogP contribution in [-0.4, -0.2) is 9.97 Å². The molecule has 2 N–H and O–H groups in total. The molecule has 4 rings (SSSR count). The van der Waals surface area contributed by atoms with Crippen molar-refractivity contribution in [2.75, 3.05) is 5.73 Å². The first-order valence-corrected chi connectivity index (χ1v) is 9.42. The van der Waals surface area contributed by atoms with Crippen molar-refractivity contribution < 1.29 is 4.74 Å². The van der Waals surface area contributed by atoms with Crippen LogP contribution in [0.5, 0.6) is 5.75 Å². The van der Waals surface area contributed by atoms with Gasteiger partial charge in [-0.25, -0.2) is 9.97 Å². The Morgan fingerprint density at radius 2 is 1.81 bits per heavy atom. The first-order chi connectivity index (χ1) is 12.6. The summed E-state index contributed by atoms with van der Waals surface area (Å²) < 4.78 is 5.90. The molecule has 0 spiro atoms. The van der Waals surface area contributed by atoms with E-state index >= 15 is 0 Å². The highest BCUT2D eigenvalue weighted by Gasteiger charge is 2.16. The summed E-state index contributed by atoms with van der Waals surface area (Å²) in [5.74, 6) is 0.739. The number of hydrogen-bond acceptors (Lipinski definition) is 5. The van der Waals surface area contributed by atoms with Crippen LogP contribution in [0.4, 0.5) is 5.95 Å². The molecular weight excluding hydrogens is 389 g/mol. The van der Waals surface area contributed by atoms with Crippen molar-refractivity contribution in [3.05, 3.63) is 69.5 Å². The lowest BCUT2D eigenvalue weighted by molar-refractivity contribution is 0.306. The molecule has 2 aromatic carbocycles. The van der Waals surface area contributed by atoms with E-state index in [1.807, 2.05) is 41.8 Å². The molecule has 0 amide bonds. The van der Waals surface area contributed by atoms with E-state index in [2.05, 4.69) is 9.97 Å². The quantitative estimate of drug-likeness (QED) is 0.467. The van der Waals surface area contributed by atoms with Crippen LogP contribution in [0.25, 0.3) is 21.5 Å². The van der Waals surface area contributed by atoms with Gasteiger partial charge >= 0.3 is 0 Å². The number of halogens is 2. The monoisotopic (exact) mass is 401 g/mol. The Bertz CT molecular complexity index is 1080. The first kappa shape index (κ1) is 17.1. The molecule has 7 heteroatoms. The molecule has 0 fully saturated rings. The molecule has 0 unspecified atom stereocenters. The first-order valence-electron chi connectivity index (χ1n) is 7.78. The molecule has 4 nitrogen and oxygen atoms in total. The number of hydrogen-bond donors (Lipinski definition) is 1. The van der Waals surface area contributed by atoms with Gasteiger partial charge in [0.05, 0.1) is 15.7 Å². The van der Waals surface area contributed by atoms with E-state index in [0.717, 1.165) is 15.8 Å². The smallest absolute Gasteiger partial charge is 0.221 e. The van der Waals surface area contributed by atoms with Crippen molar-refractivity contribution in [3.8, 4) is 17.0 Å². The normalized spacial score (nSPS) is 11.0. The van der Waals surface area contributed by atoms with Gasteiger partial charge in [0, 0.05) is 10.9 Å². The molecule has 0 aliphatic heterocycles. The topological polar surface area (TPSA) is 61.0 Å². The third kappa shape index (κ3) is 3.33. The standard InChI is InChI=1S/C19H13Cl2N3OS/c20-14-9-15(21)16(25-10-11-4-2-1-3-5-11)8-13(14)17-12-6-7-26-18(12)24-19(22)23-17/h1-9H,10H2,(H2,22,23,24). The van der Waals surface area contributed by atoms with Crippen molar-refractivity contribution in [2.45, 2.75) is 6.61 Å².